The number of nitrogens with zero attached hydrogens (tertiary/aromatic N) is 2. The number of carbonyl (C=O) groups is 1. The standard InChI is InChI=1S/C18H13Cl2F3N4O2/c1-18(6-13(15(22)23)29-17(24)27-18)10-5-9(2-3-12(10)21)26-16(28)14-11(20)4-8(19)7-25-14/h2-7,15H,1H3,(H2,24,27)(H,26,28)/t18-/m0/s1. The first-order chi connectivity index (χ1) is 13.6. The summed E-state index contributed by atoms with van der Waals surface area (Å²) in [7, 11) is 0. The Morgan fingerprint density at radius 2 is 2.03 bits per heavy atom. The molecule has 0 bridgehead atoms. The van der Waals surface area contributed by atoms with Crippen molar-refractivity contribution in [3.05, 3.63) is 69.4 Å². The van der Waals surface area contributed by atoms with Gasteiger partial charge in [0.2, 0.25) is 0 Å². The highest BCUT2D eigenvalue weighted by molar-refractivity contribution is 6.36. The Morgan fingerprint density at radius 1 is 1.31 bits per heavy atom. The van der Waals surface area contributed by atoms with Gasteiger partial charge >= 0.3 is 0 Å². The minimum atomic E-state index is -2.97. The number of allylic oxidation sites excluding steroid dienone is 1. The minimum Gasteiger partial charge on any atom is -0.425 e. The summed E-state index contributed by atoms with van der Waals surface area (Å²) in [4.78, 5) is 20.2. The quantitative estimate of drug-likeness (QED) is 0.726. The molecule has 3 N–H and O–H groups in total. The molecule has 1 atom stereocenters. The lowest BCUT2D eigenvalue weighted by Crippen LogP contribution is -2.32. The molecule has 0 saturated carbocycles. The van der Waals surface area contributed by atoms with Gasteiger partial charge in [0.15, 0.2) is 5.76 Å². The van der Waals surface area contributed by atoms with E-state index in [9.17, 15) is 18.0 Å². The fourth-order valence-corrected chi connectivity index (χ4v) is 3.19. The van der Waals surface area contributed by atoms with E-state index in [1.165, 1.54) is 31.3 Å². The maximum Gasteiger partial charge on any atom is 0.295 e. The fraction of sp³-hybridized carbons (Fsp3) is 0.167. The van der Waals surface area contributed by atoms with Gasteiger partial charge in [-0.3, -0.25) is 4.79 Å². The van der Waals surface area contributed by atoms with Crippen LogP contribution in [0.4, 0.5) is 18.9 Å². The molecule has 1 amide bonds. The van der Waals surface area contributed by atoms with Crippen molar-refractivity contribution in [1.29, 1.82) is 0 Å². The first kappa shape index (κ1) is 20.9. The molecule has 2 heterocycles. The minimum absolute atomic E-state index is 0.0237. The molecule has 1 aliphatic heterocycles. The van der Waals surface area contributed by atoms with Crippen molar-refractivity contribution in [3.63, 3.8) is 0 Å². The molecular formula is C18H13Cl2F3N4O2. The number of nitrogens with two attached hydrogens (primary N) is 1. The number of hydrogen-bond donors (Lipinski definition) is 2. The summed E-state index contributed by atoms with van der Waals surface area (Å²) in [6.07, 6.45) is -0.752. The molecule has 0 aliphatic carbocycles. The molecular weight excluding hydrogens is 432 g/mol. The number of amides is 1. The summed E-state index contributed by atoms with van der Waals surface area (Å²) in [5.41, 5.74) is 3.86. The fourth-order valence-electron chi connectivity index (χ4n) is 2.72. The number of amidine groups is 1. The van der Waals surface area contributed by atoms with Crippen molar-refractivity contribution in [2.75, 3.05) is 5.32 Å². The smallest absolute Gasteiger partial charge is 0.295 e. The summed E-state index contributed by atoms with van der Waals surface area (Å²) in [5, 5.41) is 2.79. The van der Waals surface area contributed by atoms with Gasteiger partial charge in [-0.25, -0.2) is 23.1 Å². The number of aromatic nitrogens is 1. The van der Waals surface area contributed by atoms with Crippen LogP contribution >= 0.6 is 23.2 Å². The van der Waals surface area contributed by atoms with Crippen molar-refractivity contribution in [3.8, 4) is 0 Å². The molecule has 3 rings (SSSR count). The molecule has 2 aromatic rings. The van der Waals surface area contributed by atoms with Crippen molar-refractivity contribution in [2.45, 2.75) is 18.9 Å². The van der Waals surface area contributed by atoms with Crippen LogP contribution in [0.25, 0.3) is 0 Å². The van der Waals surface area contributed by atoms with E-state index in [4.69, 9.17) is 33.7 Å². The Hall–Kier alpha value is -2.78. The van der Waals surface area contributed by atoms with Gasteiger partial charge in [-0.15, -0.1) is 0 Å². The van der Waals surface area contributed by atoms with Crippen LogP contribution in [0.2, 0.25) is 10.0 Å². The van der Waals surface area contributed by atoms with Crippen LogP contribution in [0.5, 0.6) is 0 Å². The third-order valence-electron chi connectivity index (χ3n) is 4.00. The number of pyridine rings is 1. The number of hydrogen-bond acceptors (Lipinski definition) is 5. The second kappa shape index (κ2) is 7.92. The molecule has 0 fully saturated rings. The second-order valence-electron chi connectivity index (χ2n) is 6.18. The maximum absolute atomic E-state index is 14.5. The molecule has 1 aliphatic rings. The lowest BCUT2D eigenvalue weighted by atomic mass is 9.90. The third kappa shape index (κ3) is 4.46. The van der Waals surface area contributed by atoms with Crippen LogP contribution in [0.1, 0.15) is 23.0 Å². The third-order valence-corrected chi connectivity index (χ3v) is 4.49. The topological polar surface area (TPSA) is 89.6 Å². The highest BCUT2D eigenvalue weighted by Crippen LogP contribution is 2.36. The van der Waals surface area contributed by atoms with Gasteiger partial charge in [0, 0.05) is 17.4 Å². The number of anilines is 1. The molecule has 1 aromatic heterocycles. The molecule has 0 radical (unpaired) electrons. The summed E-state index contributed by atoms with van der Waals surface area (Å²) < 4.78 is 45.3. The van der Waals surface area contributed by atoms with Crippen LogP contribution in [0.15, 0.2) is 47.3 Å². The summed E-state index contributed by atoms with van der Waals surface area (Å²) in [6, 6.07) is 4.41. The van der Waals surface area contributed by atoms with Crippen LogP contribution in [-0.2, 0) is 10.3 Å². The van der Waals surface area contributed by atoms with E-state index in [0.717, 1.165) is 12.1 Å². The number of carbonyl (C=O) groups excluding carboxylic acids is 1. The highest BCUT2D eigenvalue weighted by Gasteiger charge is 2.35. The maximum atomic E-state index is 14.5. The Morgan fingerprint density at radius 3 is 2.69 bits per heavy atom. The number of benzene rings is 1. The first-order valence-electron chi connectivity index (χ1n) is 8.05. The van der Waals surface area contributed by atoms with Gasteiger partial charge in [-0.2, -0.15) is 0 Å². The van der Waals surface area contributed by atoms with Gasteiger partial charge < -0.3 is 15.8 Å². The van der Waals surface area contributed by atoms with Crippen molar-refractivity contribution >= 4 is 40.8 Å². The van der Waals surface area contributed by atoms with E-state index < -0.39 is 35.5 Å². The zero-order valence-electron chi connectivity index (χ0n) is 14.7. The Bertz CT molecular complexity index is 1050. The monoisotopic (exact) mass is 444 g/mol. The number of ether oxygens (including phenoxy) is 1. The van der Waals surface area contributed by atoms with Gasteiger partial charge in [-0.1, -0.05) is 23.2 Å². The molecule has 1 aromatic carbocycles. The van der Waals surface area contributed by atoms with Gasteiger partial charge in [0.1, 0.15) is 17.1 Å². The predicted molar refractivity (Wildman–Crippen MR) is 103 cm³/mol. The molecule has 0 spiro atoms. The zero-order valence-corrected chi connectivity index (χ0v) is 16.2. The largest absolute Gasteiger partial charge is 0.425 e. The Kier molecular flexibility index (Phi) is 5.72. The summed E-state index contributed by atoms with van der Waals surface area (Å²) in [5.74, 6) is -2.16. The number of rotatable bonds is 4. The van der Waals surface area contributed by atoms with E-state index >= 15 is 0 Å². The van der Waals surface area contributed by atoms with Crippen molar-refractivity contribution in [2.24, 2.45) is 10.7 Å². The highest BCUT2D eigenvalue weighted by atomic mass is 35.5. The van der Waals surface area contributed by atoms with E-state index in [-0.39, 0.29) is 27.0 Å². The average Bonchev–Trinajstić information content (AvgIpc) is 2.62. The second-order valence-corrected chi connectivity index (χ2v) is 7.02. The van der Waals surface area contributed by atoms with Crippen molar-refractivity contribution < 1.29 is 22.7 Å². The Labute approximate surface area is 173 Å². The molecule has 152 valence electrons. The average molecular weight is 445 g/mol. The first-order valence-corrected chi connectivity index (χ1v) is 8.81. The van der Waals surface area contributed by atoms with Crippen LogP contribution in [0.3, 0.4) is 0 Å². The zero-order chi connectivity index (χ0) is 21.3. The van der Waals surface area contributed by atoms with Gasteiger partial charge in [0.05, 0.1) is 10.0 Å². The molecule has 0 unspecified atom stereocenters. The van der Waals surface area contributed by atoms with Crippen LogP contribution in [0, 0.1) is 5.82 Å². The van der Waals surface area contributed by atoms with E-state index in [1.807, 2.05) is 0 Å². The van der Waals surface area contributed by atoms with E-state index in [1.54, 1.807) is 0 Å². The molecule has 6 nitrogen and oxygen atoms in total. The lowest BCUT2D eigenvalue weighted by molar-refractivity contribution is 0.102. The van der Waals surface area contributed by atoms with Crippen LogP contribution < -0.4 is 11.1 Å². The summed E-state index contributed by atoms with van der Waals surface area (Å²) >= 11 is 11.7. The molecule has 29 heavy (non-hydrogen) atoms. The SMILES string of the molecule is C[C@@]1(c2cc(NC(=O)c3ncc(Cl)cc3Cl)ccc2F)C=C(C(F)F)OC(N)=N1. The number of alkyl halides is 2. The lowest BCUT2D eigenvalue weighted by Gasteiger charge is -2.28. The number of nitrogens with one attached hydrogen (secondary N) is 1. The summed E-state index contributed by atoms with van der Waals surface area (Å²) in [6.45, 7) is 1.38. The number of aliphatic imine (C=N–C) groups is 1. The van der Waals surface area contributed by atoms with E-state index in [2.05, 4.69) is 15.3 Å². The van der Waals surface area contributed by atoms with Gasteiger partial charge in [-0.05, 0) is 37.3 Å². The van der Waals surface area contributed by atoms with Crippen LogP contribution in [-0.4, -0.2) is 23.3 Å². The van der Waals surface area contributed by atoms with Gasteiger partial charge in [0.25, 0.3) is 18.4 Å². The molecule has 11 heteroatoms. The normalized spacial score (nSPS) is 18.7. The van der Waals surface area contributed by atoms with Crippen molar-refractivity contribution in [1.82, 2.24) is 4.98 Å². The number of halogens is 5. The predicted octanol–water partition coefficient (Wildman–Crippen LogP) is 4.49. The Balaban J connectivity index is 1.96. The molecule has 0 saturated heterocycles. The van der Waals surface area contributed by atoms with E-state index in [0.29, 0.717) is 0 Å².